The number of carbonyl (C=O) groups is 4. The highest BCUT2D eigenvalue weighted by molar-refractivity contribution is 5.92. The number of nitrogens with one attached hydrogen (secondary N) is 3. The van der Waals surface area contributed by atoms with E-state index in [-0.39, 0.29) is 29.6 Å². The Morgan fingerprint density at radius 3 is 1.74 bits per heavy atom. The molecule has 0 spiro atoms. The molecule has 156 valence electrons. The van der Waals surface area contributed by atoms with E-state index < -0.39 is 18.1 Å². The van der Waals surface area contributed by atoms with Crippen LogP contribution in [0.15, 0.2) is 0 Å². The van der Waals surface area contributed by atoms with E-state index in [4.69, 9.17) is 0 Å². The normalized spacial score (nSPS) is 14.4. The van der Waals surface area contributed by atoms with E-state index >= 15 is 0 Å². The van der Waals surface area contributed by atoms with Gasteiger partial charge in [0, 0.05) is 6.92 Å². The Labute approximate surface area is 163 Å². The number of hydrogen-bond acceptors (Lipinski definition) is 4. The lowest BCUT2D eigenvalue weighted by molar-refractivity contribution is -0.133. The minimum absolute atomic E-state index is 0.177. The molecule has 0 aliphatic heterocycles. The van der Waals surface area contributed by atoms with Crippen LogP contribution in [0.1, 0.15) is 73.6 Å². The van der Waals surface area contributed by atoms with Crippen molar-refractivity contribution in [1.29, 1.82) is 0 Å². The van der Waals surface area contributed by atoms with Gasteiger partial charge in [0.25, 0.3) is 0 Å². The van der Waals surface area contributed by atoms with E-state index in [1.165, 1.54) is 6.92 Å². The van der Waals surface area contributed by atoms with Crippen molar-refractivity contribution in [3.05, 3.63) is 0 Å². The van der Waals surface area contributed by atoms with Crippen LogP contribution in [0.2, 0.25) is 0 Å². The molecule has 27 heavy (non-hydrogen) atoms. The SMILES string of the molecule is CCCC[C@H](C=O)NC(=O)[C@H](CC(C)C)NC(=O)[C@H](CC(C)C)NC(C)=O. The minimum Gasteiger partial charge on any atom is -0.345 e. The van der Waals surface area contributed by atoms with Gasteiger partial charge in [-0.3, -0.25) is 14.4 Å². The fourth-order valence-electron chi connectivity index (χ4n) is 2.81. The van der Waals surface area contributed by atoms with E-state index in [1.54, 1.807) is 0 Å². The maximum Gasteiger partial charge on any atom is 0.243 e. The molecule has 0 aliphatic carbocycles. The zero-order valence-electron chi connectivity index (χ0n) is 17.6. The molecule has 0 heterocycles. The summed E-state index contributed by atoms with van der Waals surface area (Å²) in [5, 5.41) is 8.14. The highest BCUT2D eigenvalue weighted by Crippen LogP contribution is 2.09. The molecule has 7 heteroatoms. The van der Waals surface area contributed by atoms with Gasteiger partial charge in [0.2, 0.25) is 17.7 Å². The van der Waals surface area contributed by atoms with Crippen LogP contribution < -0.4 is 16.0 Å². The maximum atomic E-state index is 12.7. The molecule has 0 rings (SSSR count). The average Bonchev–Trinajstić information content (AvgIpc) is 2.55. The van der Waals surface area contributed by atoms with E-state index in [2.05, 4.69) is 16.0 Å². The second-order valence-corrected chi connectivity index (χ2v) is 7.97. The predicted octanol–water partition coefficient (Wildman–Crippen LogP) is 1.94. The quantitative estimate of drug-likeness (QED) is 0.423. The van der Waals surface area contributed by atoms with Gasteiger partial charge < -0.3 is 20.7 Å². The van der Waals surface area contributed by atoms with Gasteiger partial charge in [-0.1, -0.05) is 47.5 Å². The van der Waals surface area contributed by atoms with Crippen molar-refractivity contribution in [3.8, 4) is 0 Å². The van der Waals surface area contributed by atoms with E-state index in [1.807, 2.05) is 34.6 Å². The van der Waals surface area contributed by atoms with Crippen molar-refractivity contribution in [3.63, 3.8) is 0 Å². The van der Waals surface area contributed by atoms with E-state index in [0.29, 0.717) is 19.3 Å². The Morgan fingerprint density at radius 2 is 1.33 bits per heavy atom. The molecule has 7 nitrogen and oxygen atoms in total. The third-order valence-corrected chi connectivity index (χ3v) is 4.10. The summed E-state index contributed by atoms with van der Waals surface area (Å²) in [4.78, 5) is 47.9. The molecule has 3 atom stereocenters. The molecule has 3 N–H and O–H groups in total. The summed E-state index contributed by atoms with van der Waals surface area (Å²) in [6.45, 7) is 11.2. The van der Waals surface area contributed by atoms with Crippen molar-refractivity contribution in [1.82, 2.24) is 16.0 Å². The first-order valence-electron chi connectivity index (χ1n) is 9.93. The van der Waals surface area contributed by atoms with Gasteiger partial charge in [0.1, 0.15) is 18.4 Å². The Morgan fingerprint density at radius 1 is 0.852 bits per heavy atom. The Kier molecular flexibility index (Phi) is 12.3. The maximum absolute atomic E-state index is 12.7. The Hall–Kier alpha value is -1.92. The van der Waals surface area contributed by atoms with Gasteiger partial charge >= 0.3 is 0 Å². The Bertz CT molecular complexity index is 492. The summed E-state index contributed by atoms with van der Waals surface area (Å²) in [6, 6.07) is -1.98. The first-order valence-corrected chi connectivity index (χ1v) is 9.93. The van der Waals surface area contributed by atoms with Crippen molar-refractivity contribution in [2.24, 2.45) is 11.8 Å². The molecular formula is C20H37N3O4. The van der Waals surface area contributed by atoms with Gasteiger partial charge in [-0.05, 0) is 31.1 Å². The van der Waals surface area contributed by atoms with Crippen LogP contribution in [-0.2, 0) is 19.2 Å². The summed E-state index contributed by atoms with van der Waals surface area (Å²) in [6.07, 6.45) is 4.01. The lowest BCUT2D eigenvalue weighted by Crippen LogP contribution is -2.55. The van der Waals surface area contributed by atoms with Gasteiger partial charge in [-0.15, -0.1) is 0 Å². The van der Waals surface area contributed by atoms with E-state index in [0.717, 1.165) is 19.1 Å². The molecule has 0 bridgehead atoms. The molecular weight excluding hydrogens is 346 g/mol. The molecule has 0 aliphatic rings. The highest BCUT2D eigenvalue weighted by atomic mass is 16.2. The van der Waals surface area contributed by atoms with Gasteiger partial charge in [-0.25, -0.2) is 0 Å². The summed E-state index contributed by atoms with van der Waals surface area (Å²) < 4.78 is 0. The van der Waals surface area contributed by atoms with Crippen LogP contribution in [-0.4, -0.2) is 42.1 Å². The van der Waals surface area contributed by atoms with Gasteiger partial charge in [0.15, 0.2) is 0 Å². The van der Waals surface area contributed by atoms with E-state index in [9.17, 15) is 19.2 Å². The standard InChI is InChI=1S/C20H37N3O4/c1-7-8-9-16(12-24)22-19(26)18(11-14(4)5)23-20(27)17(10-13(2)3)21-15(6)25/h12-14,16-18H,7-11H2,1-6H3,(H,21,25)(H,22,26)(H,23,27)/t16-,17+,18+/m1/s1. The molecule has 0 aromatic carbocycles. The highest BCUT2D eigenvalue weighted by Gasteiger charge is 2.28. The van der Waals surface area contributed by atoms with Gasteiger partial charge in [0.05, 0.1) is 6.04 Å². The van der Waals surface area contributed by atoms with Crippen LogP contribution in [0, 0.1) is 11.8 Å². The third kappa shape index (κ3) is 11.4. The summed E-state index contributed by atoms with van der Waals surface area (Å²) >= 11 is 0. The molecule has 0 saturated carbocycles. The van der Waals surface area contributed by atoms with Crippen LogP contribution in [0.4, 0.5) is 0 Å². The van der Waals surface area contributed by atoms with Crippen molar-refractivity contribution < 1.29 is 19.2 Å². The van der Waals surface area contributed by atoms with Crippen LogP contribution in [0.5, 0.6) is 0 Å². The Balaban J connectivity index is 5.14. The largest absolute Gasteiger partial charge is 0.345 e. The fraction of sp³-hybridized carbons (Fsp3) is 0.800. The smallest absolute Gasteiger partial charge is 0.243 e. The first-order chi connectivity index (χ1) is 12.6. The number of hydrogen-bond donors (Lipinski definition) is 3. The molecule has 0 radical (unpaired) electrons. The third-order valence-electron chi connectivity index (χ3n) is 4.10. The zero-order valence-corrected chi connectivity index (χ0v) is 17.6. The molecule has 0 aromatic rings. The van der Waals surface area contributed by atoms with Crippen molar-refractivity contribution in [2.75, 3.05) is 0 Å². The fourth-order valence-corrected chi connectivity index (χ4v) is 2.81. The van der Waals surface area contributed by atoms with Gasteiger partial charge in [-0.2, -0.15) is 0 Å². The lowest BCUT2D eigenvalue weighted by atomic mass is 9.99. The number of unbranched alkanes of at least 4 members (excludes halogenated alkanes) is 1. The summed E-state index contributed by atoms with van der Waals surface area (Å²) in [7, 11) is 0. The average molecular weight is 384 g/mol. The second kappa shape index (κ2) is 13.3. The first kappa shape index (κ1) is 25.1. The summed E-state index contributed by atoms with van der Waals surface area (Å²) in [5.41, 5.74) is 0. The number of carbonyl (C=O) groups excluding carboxylic acids is 4. The topological polar surface area (TPSA) is 104 Å². The van der Waals surface area contributed by atoms with Crippen molar-refractivity contribution in [2.45, 2.75) is 91.8 Å². The molecule has 0 fully saturated rings. The van der Waals surface area contributed by atoms with Crippen LogP contribution in [0.3, 0.4) is 0 Å². The van der Waals surface area contributed by atoms with Crippen LogP contribution >= 0.6 is 0 Å². The minimum atomic E-state index is -0.745. The summed E-state index contributed by atoms with van der Waals surface area (Å²) in [5.74, 6) is -0.650. The molecule has 0 unspecified atom stereocenters. The second-order valence-electron chi connectivity index (χ2n) is 7.97. The zero-order chi connectivity index (χ0) is 21.0. The number of aldehydes is 1. The lowest BCUT2D eigenvalue weighted by Gasteiger charge is -2.25. The molecule has 0 aromatic heterocycles. The van der Waals surface area contributed by atoms with Crippen LogP contribution in [0.25, 0.3) is 0 Å². The predicted molar refractivity (Wildman–Crippen MR) is 106 cm³/mol. The monoisotopic (exact) mass is 383 g/mol. The molecule has 0 saturated heterocycles. The van der Waals surface area contributed by atoms with Crippen molar-refractivity contribution >= 4 is 24.0 Å². The number of rotatable bonds is 13. The number of amides is 3. The molecule has 3 amide bonds.